The van der Waals surface area contributed by atoms with Crippen molar-refractivity contribution in [3.8, 4) is 0 Å². The van der Waals surface area contributed by atoms with Gasteiger partial charge >= 0.3 is 0 Å². The van der Waals surface area contributed by atoms with Gasteiger partial charge in [0.1, 0.15) is 5.67 Å². The van der Waals surface area contributed by atoms with E-state index in [0.29, 0.717) is 10.8 Å². The second-order valence-electron chi connectivity index (χ2n) is 5.21. The smallest absolute Gasteiger partial charge is 0.112 e. The molecule has 3 fully saturated rings. The molecule has 2 bridgehead atoms. The molecule has 58 valence electrons. The molecule has 0 nitrogen and oxygen atoms in total. The Morgan fingerprint density at radius 1 is 1.10 bits per heavy atom. The van der Waals surface area contributed by atoms with Crippen molar-refractivity contribution < 1.29 is 4.39 Å². The van der Waals surface area contributed by atoms with E-state index in [9.17, 15) is 4.39 Å². The highest BCUT2D eigenvalue weighted by atomic mass is 19.1. The van der Waals surface area contributed by atoms with Crippen molar-refractivity contribution in [3.05, 3.63) is 0 Å². The predicted molar refractivity (Wildman–Crippen MR) is 39.6 cm³/mol. The van der Waals surface area contributed by atoms with Crippen molar-refractivity contribution in [2.75, 3.05) is 0 Å². The van der Waals surface area contributed by atoms with Gasteiger partial charge < -0.3 is 0 Å². The molecule has 3 saturated carbocycles. The van der Waals surface area contributed by atoms with Crippen LogP contribution in [0.3, 0.4) is 0 Å². The Morgan fingerprint density at radius 3 is 1.60 bits per heavy atom. The summed E-state index contributed by atoms with van der Waals surface area (Å²) < 4.78 is 13.0. The Balaban J connectivity index is 2.11. The lowest BCUT2D eigenvalue weighted by Crippen LogP contribution is -2.69. The average Bonchev–Trinajstić information content (AvgIpc) is 1.51. The number of halogens is 1. The third kappa shape index (κ3) is 0.525. The Kier molecular flexibility index (Phi) is 0.850. The van der Waals surface area contributed by atoms with Gasteiger partial charge in [0.2, 0.25) is 0 Å². The molecule has 0 atom stereocenters. The zero-order chi connectivity index (χ0) is 7.62. The molecule has 0 aromatic rings. The monoisotopic (exact) mass is 142 g/mol. The molecule has 0 N–H and O–H groups in total. The van der Waals surface area contributed by atoms with Gasteiger partial charge in [0.15, 0.2) is 0 Å². The fourth-order valence-electron chi connectivity index (χ4n) is 2.46. The first kappa shape index (κ1) is 6.63. The standard InChI is InChI=1S/C9H15F/c1-7(2,3)8-4-9(10,5-8)6-8/h4-6H2,1-3H3/t8-,9-. The maximum atomic E-state index is 13.0. The van der Waals surface area contributed by atoms with E-state index in [1.54, 1.807) is 0 Å². The van der Waals surface area contributed by atoms with Crippen molar-refractivity contribution in [1.29, 1.82) is 0 Å². The summed E-state index contributed by atoms with van der Waals surface area (Å²) in [4.78, 5) is 0. The van der Waals surface area contributed by atoms with Crippen LogP contribution >= 0.6 is 0 Å². The summed E-state index contributed by atoms with van der Waals surface area (Å²) in [6.45, 7) is 6.68. The Morgan fingerprint density at radius 2 is 1.50 bits per heavy atom. The molecule has 0 aliphatic heterocycles. The molecule has 0 aromatic carbocycles. The molecule has 0 radical (unpaired) electrons. The minimum absolute atomic E-state index is 0.334. The van der Waals surface area contributed by atoms with E-state index in [1.807, 2.05) is 0 Å². The molecule has 0 amide bonds. The maximum absolute atomic E-state index is 13.0. The Hall–Kier alpha value is -0.0700. The molecule has 10 heavy (non-hydrogen) atoms. The number of rotatable bonds is 0. The first-order chi connectivity index (χ1) is 4.37. The molecule has 1 heteroatoms. The van der Waals surface area contributed by atoms with Gasteiger partial charge in [-0.1, -0.05) is 20.8 Å². The van der Waals surface area contributed by atoms with Crippen LogP contribution in [0.2, 0.25) is 0 Å². The summed E-state index contributed by atoms with van der Waals surface area (Å²) in [7, 11) is 0. The van der Waals surface area contributed by atoms with E-state index in [1.165, 1.54) is 0 Å². The van der Waals surface area contributed by atoms with Gasteiger partial charge in [0, 0.05) is 0 Å². The second kappa shape index (κ2) is 1.28. The van der Waals surface area contributed by atoms with Gasteiger partial charge in [-0.3, -0.25) is 0 Å². The number of hydrogen-bond donors (Lipinski definition) is 0. The van der Waals surface area contributed by atoms with Gasteiger partial charge in [-0.15, -0.1) is 0 Å². The normalized spacial score (nSPS) is 51.6. The molecule has 0 spiro atoms. The van der Waals surface area contributed by atoms with E-state index in [0.717, 1.165) is 19.3 Å². The van der Waals surface area contributed by atoms with Gasteiger partial charge in [-0.05, 0) is 30.1 Å². The summed E-state index contributed by atoms with van der Waals surface area (Å²) >= 11 is 0. The third-order valence-electron chi connectivity index (χ3n) is 3.56. The van der Waals surface area contributed by atoms with Crippen LogP contribution in [0.4, 0.5) is 4.39 Å². The highest BCUT2D eigenvalue weighted by Gasteiger charge is 2.72. The molecule has 0 unspecified atom stereocenters. The minimum atomic E-state index is -0.715. The summed E-state index contributed by atoms with van der Waals surface area (Å²) in [6, 6.07) is 0. The lowest BCUT2D eigenvalue weighted by Gasteiger charge is -2.71. The van der Waals surface area contributed by atoms with Gasteiger partial charge in [-0.25, -0.2) is 4.39 Å². The SMILES string of the molecule is CC(C)(C)[C@]12C[C@@](F)(C1)C2. The van der Waals surface area contributed by atoms with E-state index >= 15 is 0 Å². The molecule has 0 saturated heterocycles. The lowest BCUT2D eigenvalue weighted by atomic mass is 9.35. The van der Waals surface area contributed by atoms with Crippen molar-refractivity contribution >= 4 is 0 Å². The first-order valence-corrected chi connectivity index (χ1v) is 4.06. The highest BCUT2D eigenvalue weighted by Crippen LogP contribution is 2.75. The summed E-state index contributed by atoms with van der Waals surface area (Å²) in [5.41, 5.74) is 0.00979. The average molecular weight is 142 g/mol. The first-order valence-electron chi connectivity index (χ1n) is 4.06. The minimum Gasteiger partial charge on any atom is -0.244 e. The second-order valence-corrected chi connectivity index (χ2v) is 5.21. The van der Waals surface area contributed by atoms with E-state index in [-0.39, 0.29) is 0 Å². The van der Waals surface area contributed by atoms with Crippen LogP contribution in [0.5, 0.6) is 0 Å². The Bertz CT molecular complexity index is 156. The predicted octanol–water partition coefficient (Wildman–Crippen LogP) is 2.92. The molecule has 3 aliphatic carbocycles. The number of alkyl halides is 1. The van der Waals surface area contributed by atoms with Crippen molar-refractivity contribution in [2.45, 2.75) is 45.7 Å². The fourth-order valence-corrected chi connectivity index (χ4v) is 2.46. The zero-order valence-electron chi connectivity index (χ0n) is 7.00. The van der Waals surface area contributed by atoms with Crippen LogP contribution < -0.4 is 0 Å². The van der Waals surface area contributed by atoms with Crippen LogP contribution in [0.25, 0.3) is 0 Å². The van der Waals surface area contributed by atoms with Gasteiger partial charge in [0.05, 0.1) is 0 Å². The van der Waals surface area contributed by atoms with Crippen molar-refractivity contribution in [3.63, 3.8) is 0 Å². The van der Waals surface area contributed by atoms with Gasteiger partial charge in [0.25, 0.3) is 0 Å². The maximum Gasteiger partial charge on any atom is 0.112 e. The van der Waals surface area contributed by atoms with Crippen LogP contribution in [-0.2, 0) is 0 Å². The summed E-state index contributed by atoms with van der Waals surface area (Å²) in [5.74, 6) is 0. The van der Waals surface area contributed by atoms with E-state index in [4.69, 9.17) is 0 Å². The summed E-state index contributed by atoms with van der Waals surface area (Å²) in [6.07, 6.45) is 2.51. The molecular formula is C9H15F. The molecule has 3 aliphatic rings. The van der Waals surface area contributed by atoms with E-state index < -0.39 is 5.67 Å². The van der Waals surface area contributed by atoms with Gasteiger partial charge in [-0.2, -0.15) is 0 Å². The highest BCUT2D eigenvalue weighted by molar-refractivity contribution is 5.22. The fraction of sp³-hybridized carbons (Fsp3) is 1.00. The quantitative estimate of drug-likeness (QED) is 0.488. The largest absolute Gasteiger partial charge is 0.244 e. The van der Waals surface area contributed by atoms with Crippen molar-refractivity contribution in [2.24, 2.45) is 10.8 Å². The molecule has 0 heterocycles. The molecule has 3 rings (SSSR count). The molecule has 0 aromatic heterocycles. The topological polar surface area (TPSA) is 0 Å². The zero-order valence-corrected chi connectivity index (χ0v) is 7.00. The van der Waals surface area contributed by atoms with Crippen molar-refractivity contribution in [1.82, 2.24) is 0 Å². The number of hydrogen-bond acceptors (Lipinski definition) is 0. The van der Waals surface area contributed by atoms with Crippen LogP contribution in [-0.4, -0.2) is 5.67 Å². The lowest BCUT2D eigenvalue weighted by molar-refractivity contribution is -0.263. The van der Waals surface area contributed by atoms with Crippen LogP contribution in [0.15, 0.2) is 0 Å². The van der Waals surface area contributed by atoms with Crippen LogP contribution in [0.1, 0.15) is 40.0 Å². The third-order valence-corrected chi connectivity index (χ3v) is 3.56. The van der Waals surface area contributed by atoms with Crippen LogP contribution in [0, 0.1) is 10.8 Å². The van der Waals surface area contributed by atoms with E-state index in [2.05, 4.69) is 20.8 Å². The summed E-state index contributed by atoms with van der Waals surface area (Å²) in [5, 5.41) is 0. The Labute approximate surface area is 61.8 Å². The molecular weight excluding hydrogens is 127 g/mol.